The number of aromatic hydroxyl groups is 1. The van der Waals surface area contributed by atoms with Crippen LogP contribution >= 0.6 is 0 Å². The van der Waals surface area contributed by atoms with E-state index in [1.807, 2.05) is 30.3 Å². The Labute approximate surface area is 287 Å². The summed E-state index contributed by atoms with van der Waals surface area (Å²) in [5.74, 6) is -1.03. The number of piperidine rings is 2. The lowest BCUT2D eigenvalue weighted by molar-refractivity contribution is -0.143. The monoisotopic (exact) mass is 702 g/mol. The van der Waals surface area contributed by atoms with E-state index in [2.05, 4.69) is 9.80 Å². The van der Waals surface area contributed by atoms with E-state index in [0.717, 1.165) is 44.6 Å². The van der Waals surface area contributed by atoms with Gasteiger partial charge in [-0.05, 0) is 68.0 Å². The number of carbonyl (C=O) groups is 2. The molecule has 0 spiro atoms. The van der Waals surface area contributed by atoms with Crippen molar-refractivity contribution in [1.29, 1.82) is 0 Å². The third-order valence-corrected chi connectivity index (χ3v) is 10.4. The third-order valence-electron chi connectivity index (χ3n) is 10.4. The summed E-state index contributed by atoms with van der Waals surface area (Å²) in [5, 5.41) is 10.1. The van der Waals surface area contributed by atoms with Crippen molar-refractivity contribution in [3.63, 3.8) is 0 Å². The third kappa shape index (κ3) is 8.10. The molecule has 0 aromatic heterocycles. The molecule has 0 radical (unpaired) electrons. The normalized spacial score (nSPS) is 21.7. The lowest BCUT2D eigenvalue weighted by atomic mass is 9.90. The quantitative estimate of drug-likeness (QED) is 0.295. The molecule has 3 saturated heterocycles. The second-order valence-electron chi connectivity index (χ2n) is 13.4. The molecule has 3 aliphatic rings. The van der Waals surface area contributed by atoms with E-state index >= 15 is 0 Å². The predicted molar refractivity (Wildman–Crippen MR) is 175 cm³/mol. The lowest BCUT2D eigenvalue weighted by Gasteiger charge is -2.48. The maximum Gasteiger partial charge on any atom is 0.416 e. The number of alkyl halides is 6. The van der Waals surface area contributed by atoms with Crippen LogP contribution in [0.5, 0.6) is 5.75 Å². The van der Waals surface area contributed by atoms with E-state index in [-0.39, 0.29) is 30.3 Å². The van der Waals surface area contributed by atoms with E-state index in [9.17, 15) is 41.0 Å². The van der Waals surface area contributed by atoms with Crippen LogP contribution in [0.4, 0.5) is 26.3 Å². The molecule has 13 heteroatoms. The highest BCUT2D eigenvalue weighted by Gasteiger charge is 2.40. The first-order valence-electron chi connectivity index (χ1n) is 17.0. The van der Waals surface area contributed by atoms with Gasteiger partial charge in [-0.15, -0.1) is 0 Å². The van der Waals surface area contributed by atoms with Crippen LogP contribution in [0.25, 0.3) is 0 Å². The number of benzene rings is 3. The van der Waals surface area contributed by atoms with Crippen LogP contribution in [-0.4, -0.2) is 100 Å². The van der Waals surface area contributed by atoms with Crippen LogP contribution < -0.4 is 0 Å². The van der Waals surface area contributed by atoms with Crippen molar-refractivity contribution in [2.75, 3.05) is 45.8 Å². The van der Waals surface area contributed by atoms with Crippen molar-refractivity contribution in [2.24, 2.45) is 0 Å². The molecule has 7 nitrogen and oxygen atoms in total. The molecule has 3 aliphatic heterocycles. The molecule has 1 N–H and O–H groups in total. The van der Waals surface area contributed by atoms with Gasteiger partial charge < -0.3 is 14.9 Å². The highest BCUT2D eigenvalue weighted by atomic mass is 19.4. The molecule has 2 atom stereocenters. The van der Waals surface area contributed by atoms with Gasteiger partial charge in [0.15, 0.2) is 0 Å². The smallest absolute Gasteiger partial charge is 0.416 e. The van der Waals surface area contributed by atoms with E-state index in [1.165, 1.54) is 11.0 Å². The minimum atomic E-state index is -5.05. The first kappa shape index (κ1) is 35.7. The summed E-state index contributed by atoms with van der Waals surface area (Å²) >= 11 is 0. The summed E-state index contributed by atoms with van der Waals surface area (Å²) < 4.78 is 81.7. The molecule has 268 valence electrons. The lowest BCUT2D eigenvalue weighted by Crippen LogP contribution is -2.58. The number of phenols is 1. The first-order valence-corrected chi connectivity index (χ1v) is 17.0. The molecule has 50 heavy (non-hydrogen) atoms. The van der Waals surface area contributed by atoms with Crippen molar-refractivity contribution in [3.8, 4) is 5.75 Å². The summed E-state index contributed by atoms with van der Waals surface area (Å²) in [4.78, 5) is 34.8. The zero-order chi connectivity index (χ0) is 35.6. The number of halogens is 6. The van der Waals surface area contributed by atoms with Crippen LogP contribution in [0.3, 0.4) is 0 Å². The maximum atomic E-state index is 13.8. The number of amides is 2. The second kappa shape index (κ2) is 14.6. The molecule has 2 amide bonds. The predicted octanol–water partition coefficient (Wildman–Crippen LogP) is 6.57. The Balaban J connectivity index is 1.10. The Hall–Kier alpha value is -4.10. The number of hydrogen-bond donors (Lipinski definition) is 1. The highest BCUT2D eigenvalue weighted by Crippen LogP contribution is 2.37. The van der Waals surface area contributed by atoms with E-state index in [0.29, 0.717) is 56.1 Å². The molecule has 6 rings (SSSR count). The zero-order valence-corrected chi connectivity index (χ0v) is 27.5. The average molecular weight is 703 g/mol. The number of piperazine rings is 1. The molecule has 2 unspecified atom stereocenters. The Morgan fingerprint density at radius 3 is 1.78 bits per heavy atom. The minimum Gasteiger partial charge on any atom is -0.507 e. The van der Waals surface area contributed by atoms with Gasteiger partial charge in [0.1, 0.15) is 5.75 Å². The van der Waals surface area contributed by atoms with Crippen molar-refractivity contribution >= 4 is 11.8 Å². The number of likely N-dealkylation sites (tertiary alicyclic amines) is 2. The number of carbonyl (C=O) groups excluding carboxylic acids is 2. The maximum absolute atomic E-state index is 13.8. The molecule has 3 fully saturated rings. The summed E-state index contributed by atoms with van der Waals surface area (Å²) in [6.45, 7) is 4.63. The first-order chi connectivity index (χ1) is 23.8. The minimum absolute atomic E-state index is 0.0248. The SMILES string of the molecule is O=C(c1ccccc1O)N1CCC(N2CCN(C3CCN(C(=O)c4cc(C(F)(F)F)cc(C(F)(F)F)c4)C(Cc4ccccc4)C3)CC2)CC1. The molecule has 0 aliphatic carbocycles. The summed E-state index contributed by atoms with van der Waals surface area (Å²) in [5.41, 5.74) is -2.40. The molecule has 3 heterocycles. The van der Waals surface area contributed by atoms with Gasteiger partial charge in [0.2, 0.25) is 0 Å². The number of para-hydroxylation sites is 1. The van der Waals surface area contributed by atoms with Crippen LogP contribution in [0.15, 0.2) is 72.8 Å². The van der Waals surface area contributed by atoms with Gasteiger partial charge in [0.25, 0.3) is 11.8 Å². The van der Waals surface area contributed by atoms with Crippen molar-refractivity contribution in [1.82, 2.24) is 19.6 Å². The number of hydrogen-bond acceptors (Lipinski definition) is 5. The Bertz CT molecular complexity index is 1620. The van der Waals surface area contributed by atoms with Gasteiger partial charge in [0, 0.05) is 69.5 Å². The highest BCUT2D eigenvalue weighted by molar-refractivity contribution is 5.97. The Kier molecular flexibility index (Phi) is 10.5. The van der Waals surface area contributed by atoms with Crippen molar-refractivity contribution < 1.29 is 41.0 Å². The Morgan fingerprint density at radius 2 is 1.20 bits per heavy atom. The van der Waals surface area contributed by atoms with Crippen LogP contribution in [-0.2, 0) is 18.8 Å². The van der Waals surface area contributed by atoms with Gasteiger partial charge in [-0.1, -0.05) is 42.5 Å². The van der Waals surface area contributed by atoms with Crippen LogP contribution in [0, 0.1) is 0 Å². The van der Waals surface area contributed by atoms with Crippen LogP contribution in [0.2, 0.25) is 0 Å². The summed E-state index contributed by atoms with van der Waals surface area (Å²) in [6.07, 6.45) is -6.93. The molecule has 0 bridgehead atoms. The van der Waals surface area contributed by atoms with Crippen molar-refractivity contribution in [2.45, 2.75) is 62.6 Å². The Morgan fingerprint density at radius 1 is 0.660 bits per heavy atom. The topological polar surface area (TPSA) is 67.3 Å². The van der Waals surface area contributed by atoms with E-state index in [4.69, 9.17) is 0 Å². The molecular weight excluding hydrogens is 662 g/mol. The van der Waals surface area contributed by atoms with Gasteiger partial charge in [-0.25, -0.2) is 0 Å². The van der Waals surface area contributed by atoms with Gasteiger partial charge in [-0.3, -0.25) is 19.4 Å². The average Bonchev–Trinajstić information content (AvgIpc) is 3.11. The number of phenolic OH excluding ortho intramolecular Hbond substituents is 1. The fourth-order valence-electron chi connectivity index (χ4n) is 7.68. The van der Waals surface area contributed by atoms with Gasteiger partial charge in [0.05, 0.1) is 16.7 Å². The second-order valence-corrected chi connectivity index (χ2v) is 13.4. The molecule has 3 aromatic carbocycles. The molecule has 3 aromatic rings. The standard InChI is InChI=1S/C37H40F6N4O3/c38-36(39,40)27-21-26(22-28(23-27)37(41,42)43)34(49)47-15-12-30(24-31(47)20-25-6-2-1-3-7-25)45-18-16-44(17-19-45)29-10-13-46(14-11-29)35(50)32-8-4-5-9-33(32)48/h1-9,21-23,29-31,48H,10-20,24H2. The van der Waals surface area contributed by atoms with Gasteiger partial charge >= 0.3 is 12.4 Å². The number of nitrogens with zero attached hydrogens (tertiary/aromatic N) is 4. The van der Waals surface area contributed by atoms with E-state index in [1.54, 1.807) is 23.1 Å². The number of rotatable bonds is 6. The summed E-state index contributed by atoms with van der Waals surface area (Å²) in [6, 6.07) is 17.0. The molecule has 0 saturated carbocycles. The van der Waals surface area contributed by atoms with E-state index < -0.39 is 41.0 Å². The fourth-order valence-corrected chi connectivity index (χ4v) is 7.68. The fraction of sp³-hybridized carbons (Fsp3) is 0.459. The van der Waals surface area contributed by atoms with Crippen molar-refractivity contribution in [3.05, 3.63) is 101 Å². The van der Waals surface area contributed by atoms with Crippen LogP contribution in [0.1, 0.15) is 63.1 Å². The largest absolute Gasteiger partial charge is 0.507 e. The zero-order valence-electron chi connectivity index (χ0n) is 27.5. The summed E-state index contributed by atoms with van der Waals surface area (Å²) in [7, 11) is 0. The molecular formula is C37H40F6N4O3. The van der Waals surface area contributed by atoms with Gasteiger partial charge in [-0.2, -0.15) is 26.3 Å².